The predicted octanol–water partition coefficient (Wildman–Crippen LogP) is 2.86. The normalized spacial score (nSPS) is 10.3. The third-order valence-electron chi connectivity index (χ3n) is 2.80. The van der Waals surface area contributed by atoms with Gasteiger partial charge in [-0.3, -0.25) is 4.79 Å². The van der Waals surface area contributed by atoms with Crippen LogP contribution in [-0.2, 0) is 11.3 Å². The summed E-state index contributed by atoms with van der Waals surface area (Å²) in [5.41, 5.74) is 1.00. The molecule has 0 spiro atoms. The number of nitrogens with one attached hydrogen (secondary N) is 1. The maximum atomic E-state index is 11.3. The monoisotopic (exact) mass is 307 g/mol. The van der Waals surface area contributed by atoms with Gasteiger partial charge in [-0.2, -0.15) is 0 Å². The van der Waals surface area contributed by atoms with E-state index >= 15 is 0 Å². The van der Waals surface area contributed by atoms with Crippen LogP contribution in [0.1, 0.15) is 5.56 Å². The molecule has 0 aliphatic carbocycles. The van der Waals surface area contributed by atoms with Gasteiger partial charge in [0.25, 0.3) is 0 Å². The zero-order chi connectivity index (χ0) is 13.0. The molecule has 18 heavy (non-hydrogen) atoms. The molecule has 0 radical (unpaired) electrons. The number of carbonyl (C=O) groups is 1. The Labute approximate surface area is 114 Å². The fourth-order valence-corrected chi connectivity index (χ4v) is 2.12. The molecule has 0 aromatic heterocycles. The largest absolute Gasteiger partial charge is 0.496 e. The number of halogens is 1. The number of amides is 1. The van der Waals surface area contributed by atoms with Crippen molar-refractivity contribution >= 4 is 32.6 Å². The Morgan fingerprint density at radius 3 is 2.78 bits per heavy atom. The third-order valence-corrected chi connectivity index (χ3v) is 3.31. The Kier molecular flexibility index (Phi) is 4.20. The highest BCUT2D eigenvalue weighted by atomic mass is 79.9. The summed E-state index contributed by atoms with van der Waals surface area (Å²) in [6.45, 7) is 0.467. The van der Waals surface area contributed by atoms with Crippen LogP contribution in [0.5, 0.6) is 5.75 Å². The van der Waals surface area contributed by atoms with Crippen molar-refractivity contribution in [1.29, 1.82) is 0 Å². The number of rotatable bonds is 4. The van der Waals surface area contributed by atoms with Crippen molar-refractivity contribution in [2.45, 2.75) is 6.54 Å². The first kappa shape index (κ1) is 12.9. The molecule has 2 aromatic rings. The molecule has 2 rings (SSSR count). The Hall–Kier alpha value is -1.55. The van der Waals surface area contributed by atoms with Crippen LogP contribution < -0.4 is 10.1 Å². The number of ether oxygens (including phenoxy) is 1. The number of hydrogen-bond acceptors (Lipinski definition) is 2. The van der Waals surface area contributed by atoms with Gasteiger partial charge < -0.3 is 10.1 Å². The molecule has 0 aliphatic heterocycles. The second kappa shape index (κ2) is 5.87. The molecule has 1 amide bonds. The van der Waals surface area contributed by atoms with Crippen LogP contribution in [0.25, 0.3) is 10.8 Å². The van der Waals surface area contributed by atoms with E-state index in [0.717, 1.165) is 22.1 Å². The fraction of sp³-hybridized carbons (Fsp3) is 0.214. The van der Waals surface area contributed by atoms with E-state index in [4.69, 9.17) is 4.74 Å². The minimum absolute atomic E-state index is 0.0370. The maximum absolute atomic E-state index is 11.3. The van der Waals surface area contributed by atoms with E-state index in [-0.39, 0.29) is 5.91 Å². The zero-order valence-electron chi connectivity index (χ0n) is 10.1. The Balaban J connectivity index is 2.41. The molecule has 4 heteroatoms. The quantitative estimate of drug-likeness (QED) is 0.882. The van der Waals surface area contributed by atoms with Crippen molar-refractivity contribution < 1.29 is 9.53 Å². The van der Waals surface area contributed by atoms with Gasteiger partial charge in [0, 0.05) is 12.1 Å². The first-order valence-corrected chi connectivity index (χ1v) is 6.75. The summed E-state index contributed by atoms with van der Waals surface area (Å²) in [4.78, 5) is 11.3. The number of alkyl halides is 1. The van der Waals surface area contributed by atoms with Crippen molar-refractivity contribution in [3.8, 4) is 5.75 Å². The molecule has 2 aromatic carbocycles. The molecule has 0 fully saturated rings. The number of methoxy groups -OCH3 is 1. The smallest absolute Gasteiger partial charge is 0.230 e. The van der Waals surface area contributed by atoms with Crippen LogP contribution in [0.4, 0.5) is 0 Å². The zero-order valence-corrected chi connectivity index (χ0v) is 11.7. The summed E-state index contributed by atoms with van der Waals surface area (Å²) in [6, 6.07) is 12.0. The number of carbonyl (C=O) groups excluding carboxylic acids is 1. The number of fused-ring (bicyclic) bond motifs is 1. The van der Waals surface area contributed by atoms with Crippen molar-refractivity contribution in [3.63, 3.8) is 0 Å². The molecule has 0 aliphatic rings. The lowest BCUT2D eigenvalue weighted by molar-refractivity contribution is -0.118. The Morgan fingerprint density at radius 1 is 1.28 bits per heavy atom. The van der Waals surface area contributed by atoms with E-state index < -0.39 is 0 Å². The summed E-state index contributed by atoms with van der Waals surface area (Å²) < 4.78 is 5.36. The van der Waals surface area contributed by atoms with Crippen LogP contribution in [-0.4, -0.2) is 18.3 Å². The SMILES string of the molecule is COc1ccc2ccccc2c1CNC(=O)CBr. The molecular weight excluding hydrogens is 294 g/mol. The Bertz CT molecular complexity index is 569. The number of hydrogen-bond donors (Lipinski definition) is 1. The van der Waals surface area contributed by atoms with Gasteiger partial charge in [-0.05, 0) is 16.8 Å². The van der Waals surface area contributed by atoms with Crippen LogP contribution in [0, 0.1) is 0 Å². The van der Waals surface area contributed by atoms with E-state index in [2.05, 4.69) is 21.2 Å². The molecule has 3 nitrogen and oxygen atoms in total. The lowest BCUT2D eigenvalue weighted by atomic mass is 10.0. The molecule has 1 N–H and O–H groups in total. The van der Waals surface area contributed by atoms with Gasteiger partial charge in [0.2, 0.25) is 5.91 Å². The van der Waals surface area contributed by atoms with Crippen LogP contribution in [0.3, 0.4) is 0 Å². The minimum atomic E-state index is -0.0370. The van der Waals surface area contributed by atoms with E-state index in [1.807, 2.05) is 36.4 Å². The average molecular weight is 308 g/mol. The number of benzene rings is 2. The van der Waals surface area contributed by atoms with Crippen molar-refractivity contribution in [2.24, 2.45) is 0 Å². The van der Waals surface area contributed by atoms with Gasteiger partial charge in [-0.25, -0.2) is 0 Å². The first-order chi connectivity index (χ1) is 8.76. The first-order valence-electron chi connectivity index (χ1n) is 5.63. The van der Waals surface area contributed by atoms with Gasteiger partial charge >= 0.3 is 0 Å². The summed E-state index contributed by atoms with van der Waals surface area (Å²) in [5, 5.41) is 5.40. The van der Waals surface area contributed by atoms with Gasteiger partial charge in [0.15, 0.2) is 0 Å². The third kappa shape index (κ3) is 2.64. The molecule has 0 heterocycles. The van der Waals surface area contributed by atoms with Crippen LogP contribution in [0.2, 0.25) is 0 Å². The van der Waals surface area contributed by atoms with E-state index in [9.17, 15) is 4.79 Å². The van der Waals surface area contributed by atoms with Crippen molar-refractivity contribution in [2.75, 3.05) is 12.4 Å². The minimum Gasteiger partial charge on any atom is -0.496 e. The van der Waals surface area contributed by atoms with E-state index in [1.165, 1.54) is 0 Å². The highest BCUT2D eigenvalue weighted by Gasteiger charge is 2.09. The summed E-state index contributed by atoms with van der Waals surface area (Å²) in [5.74, 6) is 0.758. The lowest BCUT2D eigenvalue weighted by Crippen LogP contribution is -2.23. The van der Waals surface area contributed by atoms with Gasteiger partial charge in [-0.15, -0.1) is 0 Å². The molecule has 94 valence electrons. The predicted molar refractivity (Wildman–Crippen MR) is 76.1 cm³/mol. The summed E-state index contributed by atoms with van der Waals surface area (Å²) in [6.07, 6.45) is 0. The van der Waals surface area contributed by atoms with Gasteiger partial charge in [0.1, 0.15) is 5.75 Å². The molecule has 0 atom stereocenters. The fourth-order valence-electron chi connectivity index (χ4n) is 1.92. The van der Waals surface area contributed by atoms with Crippen molar-refractivity contribution in [1.82, 2.24) is 5.32 Å². The summed E-state index contributed by atoms with van der Waals surface area (Å²) in [7, 11) is 1.64. The molecule has 0 bridgehead atoms. The van der Waals surface area contributed by atoms with Crippen LogP contribution in [0.15, 0.2) is 36.4 Å². The van der Waals surface area contributed by atoms with Gasteiger partial charge in [-0.1, -0.05) is 46.3 Å². The highest BCUT2D eigenvalue weighted by molar-refractivity contribution is 9.09. The lowest BCUT2D eigenvalue weighted by Gasteiger charge is -2.12. The second-order valence-electron chi connectivity index (χ2n) is 3.88. The molecular formula is C14H14BrNO2. The average Bonchev–Trinajstić information content (AvgIpc) is 2.44. The Morgan fingerprint density at radius 2 is 2.06 bits per heavy atom. The highest BCUT2D eigenvalue weighted by Crippen LogP contribution is 2.27. The molecule has 0 saturated heterocycles. The van der Waals surface area contributed by atoms with Crippen molar-refractivity contribution in [3.05, 3.63) is 42.0 Å². The molecule has 0 saturated carbocycles. The maximum Gasteiger partial charge on any atom is 0.230 e. The van der Waals surface area contributed by atoms with Gasteiger partial charge in [0.05, 0.1) is 12.4 Å². The molecule has 0 unspecified atom stereocenters. The standard InChI is InChI=1S/C14H14BrNO2/c1-18-13-7-6-10-4-2-3-5-11(10)12(13)9-16-14(17)8-15/h2-7H,8-9H2,1H3,(H,16,17). The van der Waals surface area contributed by atoms with Crippen LogP contribution >= 0.6 is 15.9 Å². The summed E-state index contributed by atoms with van der Waals surface area (Å²) >= 11 is 3.13. The topological polar surface area (TPSA) is 38.3 Å². The second-order valence-corrected chi connectivity index (χ2v) is 4.44. The van der Waals surface area contributed by atoms with E-state index in [0.29, 0.717) is 11.9 Å². The van der Waals surface area contributed by atoms with E-state index in [1.54, 1.807) is 7.11 Å².